The van der Waals surface area contributed by atoms with Crippen LogP contribution in [0.15, 0.2) is 36.3 Å². The van der Waals surface area contributed by atoms with Gasteiger partial charge in [0.15, 0.2) is 0 Å². The molecular formula is C15H18N2O. The first-order chi connectivity index (χ1) is 8.60. The zero-order chi connectivity index (χ0) is 13.1. The molecule has 1 N–H and O–H groups in total. The van der Waals surface area contributed by atoms with Gasteiger partial charge in [-0.15, -0.1) is 0 Å². The van der Waals surface area contributed by atoms with Crippen molar-refractivity contribution in [2.24, 2.45) is 0 Å². The fourth-order valence-electron chi connectivity index (χ4n) is 1.96. The van der Waals surface area contributed by atoms with Gasteiger partial charge in [-0.05, 0) is 38.5 Å². The van der Waals surface area contributed by atoms with Crippen LogP contribution in [0.1, 0.15) is 30.7 Å². The summed E-state index contributed by atoms with van der Waals surface area (Å²) in [6.07, 6.45) is 5.82. The minimum Gasteiger partial charge on any atom is -0.392 e. The van der Waals surface area contributed by atoms with E-state index >= 15 is 0 Å². The van der Waals surface area contributed by atoms with E-state index in [0.29, 0.717) is 0 Å². The van der Waals surface area contributed by atoms with Gasteiger partial charge in [0.1, 0.15) is 0 Å². The van der Waals surface area contributed by atoms with E-state index in [1.807, 2.05) is 29.8 Å². The topological polar surface area (TPSA) is 38.0 Å². The molecule has 3 nitrogen and oxygen atoms in total. The molecule has 0 aliphatic rings. The van der Waals surface area contributed by atoms with Crippen molar-refractivity contribution in [3.63, 3.8) is 0 Å². The number of hydrogen-bond acceptors (Lipinski definition) is 2. The van der Waals surface area contributed by atoms with E-state index in [1.165, 1.54) is 5.57 Å². The molecule has 0 amide bonds. The summed E-state index contributed by atoms with van der Waals surface area (Å²) in [5.74, 6) is 0. The van der Waals surface area contributed by atoms with Crippen LogP contribution in [0.2, 0.25) is 0 Å². The van der Waals surface area contributed by atoms with Gasteiger partial charge in [0.25, 0.3) is 0 Å². The first-order valence-electron chi connectivity index (χ1n) is 6.00. The third-order valence-electron chi connectivity index (χ3n) is 2.72. The van der Waals surface area contributed by atoms with Gasteiger partial charge >= 0.3 is 0 Å². The summed E-state index contributed by atoms with van der Waals surface area (Å²) in [4.78, 5) is 4.21. The molecule has 0 bridgehead atoms. The number of aliphatic hydroxyl groups is 1. The highest BCUT2D eigenvalue weighted by molar-refractivity contribution is 5.57. The van der Waals surface area contributed by atoms with E-state index in [4.69, 9.17) is 0 Å². The second-order valence-corrected chi connectivity index (χ2v) is 4.69. The quantitative estimate of drug-likeness (QED) is 0.898. The molecule has 0 fully saturated rings. The second-order valence-electron chi connectivity index (χ2n) is 4.69. The number of nitrogens with zero attached hydrogens (tertiary/aromatic N) is 2. The first kappa shape index (κ1) is 12.6. The zero-order valence-electron chi connectivity index (χ0n) is 11.0. The first-order valence-corrected chi connectivity index (χ1v) is 6.00. The number of rotatable bonds is 3. The molecule has 1 heterocycles. The van der Waals surface area contributed by atoms with Crippen LogP contribution in [0.5, 0.6) is 0 Å². The van der Waals surface area contributed by atoms with Crippen molar-refractivity contribution in [2.75, 3.05) is 0 Å². The van der Waals surface area contributed by atoms with Crippen molar-refractivity contribution in [2.45, 2.75) is 27.4 Å². The second kappa shape index (κ2) is 5.19. The van der Waals surface area contributed by atoms with Crippen LogP contribution < -0.4 is 0 Å². The maximum Gasteiger partial charge on any atom is 0.0995 e. The summed E-state index contributed by atoms with van der Waals surface area (Å²) < 4.78 is 1.94. The Morgan fingerprint density at radius 3 is 2.72 bits per heavy atom. The van der Waals surface area contributed by atoms with E-state index in [1.54, 1.807) is 6.33 Å². The molecule has 0 atom stereocenters. The summed E-state index contributed by atoms with van der Waals surface area (Å²) in [6, 6.07) is 6.08. The molecule has 0 aliphatic heterocycles. The lowest BCUT2D eigenvalue weighted by atomic mass is 10.1. The summed E-state index contributed by atoms with van der Waals surface area (Å²) in [7, 11) is 0. The molecule has 0 unspecified atom stereocenters. The average Bonchev–Trinajstić information content (AvgIpc) is 2.74. The Hall–Kier alpha value is -1.87. The SMILES string of the molecule is CC(C)=Cc1ccc(-n2cnc(C)c2)c(CO)c1. The molecule has 2 rings (SSSR count). The Kier molecular flexibility index (Phi) is 3.63. The number of aliphatic hydroxyl groups excluding tert-OH is 1. The summed E-state index contributed by atoms with van der Waals surface area (Å²) in [5.41, 5.74) is 5.20. The van der Waals surface area contributed by atoms with Gasteiger partial charge in [-0.25, -0.2) is 4.98 Å². The summed E-state index contributed by atoms with van der Waals surface area (Å²) in [5, 5.41) is 9.49. The molecule has 0 aliphatic carbocycles. The van der Waals surface area contributed by atoms with Crippen LogP contribution in [0.4, 0.5) is 0 Å². The summed E-state index contributed by atoms with van der Waals surface area (Å²) in [6.45, 7) is 6.10. The Morgan fingerprint density at radius 1 is 1.39 bits per heavy atom. The number of imidazole rings is 1. The fraction of sp³-hybridized carbons (Fsp3) is 0.267. The lowest BCUT2D eigenvalue weighted by Crippen LogP contribution is -1.98. The van der Waals surface area contributed by atoms with Crippen molar-refractivity contribution < 1.29 is 5.11 Å². The molecule has 0 spiro atoms. The van der Waals surface area contributed by atoms with Crippen molar-refractivity contribution in [1.82, 2.24) is 9.55 Å². The monoisotopic (exact) mass is 242 g/mol. The minimum absolute atomic E-state index is 0.0248. The van der Waals surface area contributed by atoms with Crippen LogP contribution in [0.3, 0.4) is 0 Å². The van der Waals surface area contributed by atoms with E-state index in [9.17, 15) is 5.11 Å². The molecule has 18 heavy (non-hydrogen) atoms. The molecule has 2 aromatic rings. The smallest absolute Gasteiger partial charge is 0.0995 e. The Balaban J connectivity index is 2.46. The van der Waals surface area contributed by atoms with Crippen LogP contribution >= 0.6 is 0 Å². The number of allylic oxidation sites excluding steroid dienone is 1. The molecule has 0 saturated heterocycles. The van der Waals surface area contributed by atoms with Crippen LogP contribution in [0, 0.1) is 6.92 Å². The maximum atomic E-state index is 9.49. The predicted molar refractivity (Wildman–Crippen MR) is 73.5 cm³/mol. The van der Waals surface area contributed by atoms with E-state index in [0.717, 1.165) is 22.5 Å². The third kappa shape index (κ3) is 2.68. The van der Waals surface area contributed by atoms with Gasteiger partial charge in [0, 0.05) is 11.8 Å². The highest BCUT2D eigenvalue weighted by atomic mass is 16.3. The van der Waals surface area contributed by atoms with Crippen LogP contribution in [-0.2, 0) is 6.61 Å². The van der Waals surface area contributed by atoms with Gasteiger partial charge in [-0.3, -0.25) is 0 Å². The summed E-state index contributed by atoms with van der Waals surface area (Å²) >= 11 is 0. The van der Waals surface area contributed by atoms with Crippen LogP contribution in [-0.4, -0.2) is 14.7 Å². The molecule has 3 heteroatoms. The molecule has 1 aromatic carbocycles. The lowest BCUT2D eigenvalue weighted by Gasteiger charge is -2.09. The highest BCUT2D eigenvalue weighted by Gasteiger charge is 2.05. The Labute approximate surface area is 107 Å². The van der Waals surface area contributed by atoms with Crippen molar-refractivity contribution in [1.29, 1.82) is 0 Å². The highest BCUT2D eigenvalue weighted by Crippen LogP contribution is 2.19. The van der Waals surface area contributed by atoms with E-state index in [-0.39, 0.29) is 6.61 Å². The van der Waals surface area contributed by atoms with E-state index < -0.39 is 0 Å². The van der Waals surface area contributed by atoms with Crippen molar-refractivity contribution in [3.8, 4) is 5.69 Å². The maximum absolute atomic E-state index is 9.49. The van der Waals surface area contributed by atoms with Crippen LogP contribution in [0.25, 0.3) is 11.8 Å². The van der Waals surface area contributed by atoms with Crippen molar-refractivity contribution in [3.05, 3.63) is 53.1 Å². The fourth-order valence-corrected chi connectivity index (χ4v) is 1.96. The van der Waals surface area contributed by atoms with Gasteiger partial charge < -0.3 is 9.67 Å². The molecular weight excluding hydrogens is 224 g/mol. The van der Waals surface area contributed by atoms with Gasteiger partial charge in [-0.1, -0.05) is 17.7 Å². The average molecular weight is 242 g/mol. The third-order valence-corrected chi connectivity index (χ3v) is 2.72. The molecule has 94 valence electrons. The minimum atomic E-state index is 0.0248. The lowest BCUT2D eigenvalue weighted by molar-refractivity contribution is 0.281. The largest absolute Gasteiger partial charge is 0.392 e. The molecule has 0 saturated carbocycles. The van der Waals surface area contributed by atoms with Gasteiger partial charge in [-0.2, -0.15) is 0 Å². The molecule has 0 radical (unpaired) electrons. The normalized spacial score (nSPS) is 10.4. The predicted octanol–water partition coefficient (Wildman–Crippen LogP) is 3.10. The Bertz CT molecular complexity index is 578. The Morgan fingerprint density at radius 2 is 2.17 bits per heavy atom. The zero-order valence-corrected chi connectivity index (χ0v) is 11.0. The standard InChI is InChI=1S/C15H18N2O/c1-11(2)6-13-4-5-15(14(7-13)9-18)17-8-12(3)16-10-17/h4-8,10,18H,9H2,1-3H3. The van der Waals surface area contributed by atoms with Crippen molar-refractivity contribution >= 4 is 6.08 Å². The van der Waals surface area contributed by atoms with Gasteiger partial charge in [0.05, 0.1) is 24.3 Å². The number of aromatic nitrogens is 2. The number of benzene rings is 1. The van der Waals surface area contributed by atoms with E-state index in [2.05, 4.69) is 31.0 Å². The number of aryl methyl sites for hydroxylation is 1. The molecule has 1 aromatic heterocycles. The van der Waals surface area contributed by atoms with Gasteiger partial charge in [0.2, 0.25) is 0 Å². The number of hydrogen-bond donors (Lipinski definition) is 1.